The molecule has 0 amide bonds. The van der Waals surface area contributed by atoms with Gasteiger partial charge in [0.2, 0.25) is 0 Å². The Kier molecular flexibility index (Phi) is 65.3. The summed E-state index contributed by atoms with van der Waals surface area (Å²) in [6, 6.07) is 0. The van der Waals surface area contributed by atoms with Gasteiger partial charge in [0.15, 0.2) is 6.10 Å². The fourth-order valence-corrected chi connectivity index (χ4v) is 9.36. The third-order valence-electron chi connectivity index (χ3n) is 14.4. The number of hydrogen-bond acceptors (Lipinski definition) is 6. The molecular weight excluding hydrogens is 1010 g/mol. The molecular formula is C76H126O6. The quantitative estimate of drug-likeness (QED) is 0.0261. The van der Waals surface area contributed by atoms with E-state index in [4.69, 9.17) is 14.2 Å². The van der Waals surface area contributed by atoms with Crippen LogP contribution in [-0.4, -0.2) is 37.2 Å². The van der Waals surface area contributed by atoms with Crippen molar-refractivity contribution in [3.8, 4) is 0 Å². The molecule has 0 bridgehead atoms. The average Bonchev–Trinajstić information content (AvgIpc) is 3.47. The van der Waals surface area contributed by atoms with Crippen molar-refractivity contribution in [1.29, 1.82) is 0 Å². The Bertz CT molecular complexity index is 1730. The van der Waals surface area contributed by atoms with Gasteiger partial charge in [-0.1, -0.05) is 309 Å². The van der Waals surface area contributed by atoms with E-state index in [1.807, 2.05) is 0 Å². The van der Waals surface area contributed by atoms with E-state index in [0.717, 1.165) is 128 Å². The number of allylic oxidation sites excluding steroid dienone is 22. The van der Waals surface area contributed by atoms with Gasteiger partial charge in [0.1, 0.15) is 13.2 Å². The molecule has 0 saturated heterocycles. The molecule has 0 aromatic rings. The molecule has 0 aliphatic carbocycles. The van der Waals surface area contributed by atoms with Gasteiger partial charge in [-0.05, 0) is 116 Å². The summed E-state index contributed by atoms with van der Waals surface area (Å²) in [5, 5.41) is 0. The van der Waals surface area contributed by atoms with Crippen LogP contribution in [0.15, 0.2) is 134 Å². The highest BCUT2D eigenvalue weighted by atomic mass is 16.6. The van der Waals surface area contributed by atoms with E-state index < -0.39 is 6.10 Å². The van der Waals surface area contributed by atoms with Crippen LogP contribution >= 0.6 is 0 Å². The first-order valence-electron chi connectivity index (χ1n) is 34.2. The Hall–Kier alpha value is -4.45. The Morgan fingerprint density at radius 2 is 0.476 bits per heavy atom. The lowest BCUT2D eigenvalue weighted by Crippen LogP contribution is -2.30. The van der Waals surface area contributed by atoms with Crippen LogP contribution in [0.1, 0.15) is 310 Å². The van der Waals surface area contributed by atoms with Gasteiger partial charge in [-0.25, -0.2) is 0 Å². The first-order chi connectivity index (χ1) is 40.5. The molecule has 0 heterocycles. The summed E-state index contributed by atoms with van der Waals surface area (Å²) in [6.07, 6.45) is 97.9. The van der Waals surface area contributed by atoms with Crippen molar-refractivity contribution in [3.63, 3.8) is 0 Å². The van der Waals surface area contributed by atoms with Crippen molar-refractivity contribution < 1.29 is 28.6 Å². The summed E-state index contributed by atoms with van der Waals surface area (Å²) in [4.78, 5) is 38.1. The Balaban J connectivity index is 4.08. The highest BCUT2D eigenvalue weighted by Crippen LogP contribution is 2.16. The Morgan fingerprint density at radius 3 is 0.744 bits per heavy atom. The zero-order valence-electron chi connectivity index (χ0n) is 53.5. The van der Waals surface area contributed by atoms with Crippen molar-refractivity contribution in [2.75, 3.05) is 13.2 Å². The van der Waals surface area contributed by atoms with Gasteiger partial charge in [-0.3, -0.25) is 14.4 Å². The van der Waals surface area contributed by atoms with E-state index in [9.17, 15) is 14.4 Å². The molecule has 0 fully saturated rings. The highest BCUT2D eigenvalue weighted by Gasteiger charge is 2.19. The summed E-state index contributed by atoms with van der Waals surface area (Å²) in [5.41, 5.74) is 0. The molecule has 0 aromatic carbocycles. The molecule has 1 unspecified atom stereocenters. The molecule has 0 spiro atoms. The molecule has 0 radical (unpaired) electrons. The fraction of sp³-hybridized carbons (Fsp3) is 0.671. The van der Waals surface area contributed by atoms with Crippen LogP contribution in [0.3, 0.4) is 0 Å². The number of ether oxygens (including phenoxy) is 3. The normalized spacial score (nSPS) is 13.0. The standard InChI is InChI=1S/C76H126O6/c1-4-7-10-13-16-18-20-22-24-26-28-30-32-34-36-38-40-42-44-46-48-50-52-54-56-58-60-63-66-69-75(78)81-72-73(71-80-74(77)68-65-62-15-12-9-6-3)82-76(79)70-67-64-61-59-57-55-53-51-49-47-45-43-41-39-37-35-33-31-29-27-25-23-21-19-17-14-11-8-5-2/h7-8,10-11,16-19,22-25,28-31,34-37,40,42,73H,4-6,9,12-15,20-21,26-27,32-33,38-39,41,43-72H2,1-3H3/b10-7-,11-8-,18-16-,19-17-,24-22-,25-23-,30-28-,31-29-,36-34-,37-35-,42-40-. The van der Waals surface area contributed by atoms with Crippen molar-refractivity contribution >= 4 is 17.9 Å². The van der Waals surface area contributed by atoms with Crippen molar-refractivity contribution in [2.24, 2.45) is 0 Å². The summed E-state index contributed by atoms with van der Waals surface area (Å²) in [5.74, 6) is -0.890. The number of rotatable bonds is 61. The van der Waals surface area contributed by atoms with Gasteiger partial charge in [0.05, 0.1) is 0 Å². The molecule has 82 heavy (non-hydrogen) atoms. The zero-order chi connectivity index (χ0) is 59.2. The number of unbranched alkanes of at least 4 members (excludes halogenated alkanes) is 28. The van der Waals surface area contributed by atoms with Crippen LogP contribution < -0.4 is 0 Å². The number of hydrogen-bond donors (Lipinski definition) is 0. The van der Waals surface area contributed by atoms with Crippen LogP contribution in [0.25, 0.3) is 0 Å². The molecule has 1 atom stereocenters. The maximum absolute atomic E-state index is 12.9. The maximum Gasteiger partial charge on any atom is 0.306 e. The van der Waals surface area contributed by atoms with Crippen LogP contribution in [0.2, 0.25) is 0 Å². The van der Waals surface area contributed by atoms with E-state index >= 15 is 0 Å². The SMILES string of the molecule is CC/C=C\C/C=C\C/C=C\C/C=C\C/C=C\C/C=C\CCCCCCCCCCCCC(=O)OCC(COC(=O)CCCCCCCC)OC(=O)CCCCCCCCCCCCCCC/C=C\C/C=C\C/C=C\C/C=C\C/C=C\CC. The second-order valence-electron chi connectivity index (χ2n) is 22.3. The minimum atomic E-state index is -0.781. The van der Waals surface area contributed by atoms with Gasteiger partial charge in [-0.15, -0.1) is 0 Å². The molecule has 0 rings (SSSR count). The topological polar surface area (TPSA) is 78.9 Å². The summed E-state index contributed by atoms with van der Waals surface area (Å²) >= 11 is 0. The molecule has 6 heteroatoms. The highest BCUT2D eigenvalue weighted by molar-refractivity contribution is 5.71. The smallest absolute Gasteiger partial charge is 0.306 e. The van der Waals surface area contributed by atoms with Crippen LogP contribution in [0, 0.1) is 0 Å². The van der Waals surface area contributed by atoms with Crippen LogP contribution in [-0.2, 0) is 28.6 Å². The first kappa shape index (κ1) is 77.5. The van der Waals surface area contributed by atoms with Crippen LogP contribution in [0.4, 0.5) is 0 Å². The predicted octanol–water partition coefficient (Wildman–Crippen LogP) is 23.7. The van der Waals surface area contributed by atoms with Crippen molar-refractivity contribution in [3.05, 3.63) is 134 Å². The minimum Gasteiger partial charge on any atom is -0.462 e. The molecule has 0 aliphatic rings. The van der Waals surface area contributed by atoms with E-state index in [-0.39, 0.29) is 31.1 Å². The second-order valence-corrected chi connectivity index (χ2v) is 22.3. The van der Waals surface area contributed by atoms with Crippen LogP contribution in [0.5, 0.6) is 0 Å². The monoisotopic (exact) mass is 1130 g/mol. The van der Waals surface area contributed by atoms with Gasteiger partial charge in [-0.2, -0.15) is 0 Å². The molecule has 0 N–H and O–H groups in total. The molecule has 6 nitrogen and oxygen atoms in total. The minimum absolute atomic E-state index is 0.0804. The Morgan fingerprint density at radius 1 is 0.256 bits per heavy atom. The third-order valence-corrected chi connectivity index (χ3v) is 14.4. The lowest BCUT2D eigenvalue weighted by atomic mass is 10.0. The predicted molar refractivity (Wildman–Crippen MR) is 357 cm³/mol. The van der Waals surface area contributed by atoms with Gasteiger partial charge in [0.25, 0.3) is 0 Å². The zero-order valence-corrected chi connectivity index (χ0v) is 53.5. The van der Waals surface area contributed by atoms with E-state index in [1.165, 1.54) is 141 Å². The number of esters is 3. The molecule has 0 aromatic heterocycles. The van der Waals surface area contributed by atoms with E-state index in [0.29, 0.717) is 19.3 Å². The first-order valence-corrected chi connectivity index (χ1v) is 34.2. The fourth-order valence-electron chi connectivity index (χ4n) is 9.36. The molecule has 466 valence electrons. The Labute approximate surface area is 506 Å². The summed E-state index contributed by atoms with van der Waals surface area (Å²) < 4.78 is 16.8. The average molecular weight is 1140 g/mol. The molecule has 0 saturated carbocycles. The van der Waals surface area contributed by atoms with Crippen molar-refractivity contribution in [1.82, 2.24) is 0 Å². The lowest BCUT2D eigenvalue weighted by molar-refractivity contribution is -0.167. The maximum atomic E-state index is 12.9. The van der Waals surface area contributed by atoms with Crippen molar-refractivity contribution in [2.45, 2.75) is 316 Å². The van der Waals surface area contributed by atoms with Gasteiger partial charge < -0.3 is 14.2 Å². The summed E-state index contributed by atoms with van der Waals surface area (Å²) in [6.45, 7) is 6.37. The van der Waals surface area contributed by atoms with E-state index in [2.05, 4.69) is 154 Å². The van der Waals surface area contributed by atoms with E-state index in [1.54, 1.807) is 0 Å². The largest absolute Gasteiger partial charge is 0.462 e. The number of carbonyl (C=O) groups is 3. The second kappa shape index (κ2) is 69.0. The summed E-state index contributed by atoms with van der Waals surface area (Å²) in [7, 11) is 0. The molecule has 0 aliphatic heterocycles. The van der Waals surface area contributed by atoms with Gasteiger partial charge >= 0.3 is 17.9 Å². The third kappa shape index (κ3) is 66.4. The van der Waals surface area contributed by atoms with Gasteiger partial charge in [0, 0.05) is 19.3 Å². The lowest BCUT2D eigenvalue weighted by Gasteiger charge is -2.18. The number of carbonyl (C=O) groups excluding carboxylic acids is 3.